The van der Waals surface area contributed by atoms with E-state index in [4.69, 9.17) is 34.8 Å². The molecule has 0 fully saturated rings. The fraction of sp³-hybridized carbons (Fsp3) is 0. The van der Waals surface area contributed by atoms with Crippen molar-refractivity contribution < 1.29 is 4.79 Å². The lowest BCUT2D eigenvalue weighted by molar-refractivity contribution is -0.111. The summed E-state index contributed by atoms with van der Waals surface area (Å²) in [5.41, 5.74) is 1.23. The molecule has 0 atom stereocenters. The maximum Gasteiger partial charge on any atom is 0.248 e. The number of halogens is 3. The molecule has 0 aromatic heterocycles. The van der Waals surface area contributed by atoms with Crippen LogP contribution in [0.5, 0.6) is 0 Å². The van der Waals surface area contributed by atoms with Crippen LogP contribution in [0.15, 0.2) is 48.5 Å². The van der Waals surface area contributed by atoms with Gasteiger partial charge in [0.2, 0.25) is 5.91 Å². The lowest BCUT2D eigenvalue weighted by atomic mass is 10.2. The highest BCUT2D eigenvalue weighted by Gasteiger charge is 2.07. The Labute approximate surface area is 132 Å². The van der Waals surface area contributed by atoms with Gasteiger partial charge in [0.25, 0.3) is 0 Å². The van der Waals surface area contributed by atoms with E-state index in [9.17, 15) is 4.79 Å². The van der Waals surface area contributed by atoms with E-state index in [0.717, 1.165) is 5.56 Å². The molecule has 20 heavy (non-hydrogen) atoms. The maximum absolute atomic E-state index is 11.8. The molecular weight excluding hydrogens is 317 g/mol. The number of amides is 1. The minimum Gasteiger partial charge on any atom is -0.320 e. The van der Waals surface area contributed by atoms with Gasteiger partial charge in [-0.15, -0.1) is 0 Å². The van der Waals surface area contributed by atoms with Crippen LogP contribution in [0.1, 0.15) is 5.56 Å². The van der Waals surface area contributed by atoms with Crippen LogP contribution >= 0.6 is 34.8 Å². The van der Waals surface area contributed by atoms with Gasteiger partial charge in [0, 0.05) is 11.1 Å². The third-order valence-electron chi connectivity index (χ3n) is 2.49. The molecule has 0 aliphatic carbocycles. The minimum absolute atomic E-state index is 0.319. The Hall–Kier alpha value is -1.48. The maximum atomic E-state index is 11.8. The van der Waals surface area contributed by atoms with Gasteiger partial charge in [-0.05, 0) is 35.9 Å². The van der Waals surface area contributed by atoms with Crippen LogP contribution in [-0.4, -0.2) is 5.91 Å². The molecule has 2 rings (SSSR count). The molecule has 2 nitrogen and oxygen atoms in total. The van der Waals surface area contributed by atoms with Crippen molar-refractivity contribution in [3.8, 4) is 0 Å². The summed E-state index contributed by atoms with van der Waals surface area (Å²) in [6, 6.07) is 12.2. The number of hydrogen-bond donors (Lipinski definition) is 1. The average Bonchev–Trinajstić information content (AvgIpc) is 2.41. The predicted molar refractivity (Wildman–Crippen MR) is 85.6 cm³/mol. The number of nitrogens with one attached hydrogen (secondary N) is 1. The van der Waals surface area contributed by atoms with Gasteiger partial charge in [-0.2, -0.15) is 0 Å². The summed E-state index contributed by atoms with van der Waals surface area (Å²) >= 11 is 17.8. The van der Waals surface area contributed by atoms with E-state index in [1.54, 1.807) is 36.4 Å². The normalized spacial score (nSPS) is 10.8. The molecule has 102 valence electrons. The molecule has 0 saturated heterocycles. The summed E-state index contributed by atoms with van der Waals surface area (Å²) in [6.45, 7) is 0. The van der Waals surface area contributed by atoms with Crippen molar-refractivity contribution in [1.29, 1.82) is 0 Å². The summed E-state index contributed by atoms with van der Waals surface area (Å²) in [6.07, 6.45) is 3.05. The first-order valence-electron chi connectivity index (χ1n) is 5.75. The van der Waals surface area contributed by atoms with Gasteiger partial charge in [-0.25, -0.2) is 0 Å². The summed E-state index contributed by atoms with van der Waals surface area (Å²) in [5, 5.41) is 4.03. The highest BCUT2D eigenvalue weighted by atomic mass is 35.5. The topological polar surface area (TPSA) is 29.1 Å². The monoisotopic (exact) mass is 325 g/mol. The largest absolute Gasteiger partial charge is 0.320 e. The number of anilines is 1. The molecule has 2 aromatic carbocycles. The molecular formula is C15H10Cl3NO. The molecule has 0 heterocycles. The second-order valence-electron chi connectivity index (χ2n) is 3.97. The van der Waals surface area contributed by atoms with Crippen molar-refractivity contribution in [2.24, 2.45) is 0 Å². The van der Waals surface area contributed by atoms with E-state index in [1.165, 1.54) is 6.08 Å². The first-order valence-corrected chi connectivity index (χ1v) is 6.88. The van der Waals surface area contributed by atoms with Crippen molar-refractivity contribution in [2.45, 2.75) is 0 Å². The smallest absolute Gasteiger partial charge is 0.248 e. The van der Waals surface area contributed by atoms with Crippen LogP contribution < -0.4 is 5.32 Å². The Balaban J connectivity index is 2.10. The van der Waals surface area contributed by atoms with Crippen LogP contribution in [-0.2, 0) is 4.79 Å². The Kier molecular flexibility index (Phi) is 5.07. The lowest BCUT2D eigenvalue weighted by Crippen LogP contribution is -2.08. The van der Waals surface area contributed by atoms with E-state index in [2.05, 4.69) is 5.32 Å². The second kappa shape index (κ2) is 6.80. The van der Waals surface area contributed by atoms with Crippen LogP contribution in [0.3, 0.4) is 0 Å². The summed E-state index contributed by atoms with van der Waals surface area (Å²) < 4.78 is 0. The van der Waals surface area contributed by atoms with E-state index < -0.39 is 0 Å². The van der Waals surface area contributed by atoms with Gasteiger partial charge in [0.05, 0.1) is 15.7 Å². The molecule has 0 aliphatic heterocycles. The number of carbonyl (C=O) groups excluding carboxylic acids is 1. The predicted octanol–water partition coefficient (Wildman–Crippen LogP) is 5.30. The van der Waals surface area contributed by atoms with Crippen molar-refractivity contribution in [1.82, 2.24) is 0 Å². The molecule has 0 radical (unpaired) electrons. The van der Waals surface area contributed by atoms with E-state index in [0.29, 0.717) is 20.8 Å². The van der Waals surface area contributed by atoms with E-state index in [-0.39, 0.29) is 5.91 Å². The molecule has 0 saturated carbocycles. The number of para-hydroxylation sites is 1. The van der Waals surface area contributed by atoms with Crippen molar-refractivity contribution >= 4 is 52.5 Å². The number of rotatable bonds is 3. The quantitative estimate of drug-likeness (QED) is 0.762. The second-order valence-corrected chi connectivity index (χ2v) is 5.23. The van der Waals surface area contributed by atoms with Gasteiger partial charge in [-0.3, -0.25) is 4.79 Å². The molecule has 5 heteroatoms. The first-order chi connectivity index (χ1) is 9.56. The SMILES string of the molecule is O=C(/C=C/c1cccc(Cl)c1)Nc1c(Cl)cccc1Cl. The Bertz CT molecular complexity index is 648. The zero-order valence-corrected chi connectivity index (χ0v) is 12.5. The fourth-order valence-corrected chi connectivity index (χ4v) is 2.25. The third-order valence-corrected chi connectivity index (χ3v) is 3.35. The van der Waals surface area contributed by atoms with E-state index >= 15 is 0 Å². The molecule has 0 unspecified atom stereocenters. The lowest BCUT2D eigenvalue weighted by Gasteiger charge is -2.06. The Morgan fingerprint density at radius 2 is 1.65 bits per heavy atom. The molecule has 0 spiro atoms. The molecule has 0 aliphatic rings. The van der Waals surface area contributed by atoms with Gasteiger partial charge >= 0.3 is 0 Å². The van der Waals surface area contributed by atoms with Crippen LogP contribution in [0, 0.1) is 0 Å². The first kappa shape index (κ1) is 14.9. The van der Waals surface area contributed by atoms with Crippen LogP contribution in [0.25, 0.3) is 6.08 Å². The third kappa shape index (κ3) is 4.01. The minimum atomic E-state index is -0.319. The standard InChI is InChI=1S/C15H10Cl3NO/c16-11-4-1-3-10(9-11)7-8-14(20)19-15-12(17)5-2-6-13(15)18/h1-9H,(H,19,20)/b8-7+. The van der Waals surface area contributed by atoms with Crippen molar-refractivity contribution in [3.05, 3.63) is 69.2 Å². The highest BCUT2D eigenvalue weighted by Crippen LogP contribution is 2.29. The number of carbonyl (C=O) groups is 1. The summed E-state index contributed by atoms with van der Waals surface area (Å²) in [4.78, 5) is 11.8. The Morgan fingerprint density at radius 3 is 2.30 bits per heavy atom. The summed E-state index contributed by atoms with van der Waals surface area (Å²) in [7, 11) is 0. The van der Waals surface area contributed by atoms with Gasteiger partial charge in [0.15, 0.2) is 0 Å². The zero-order valence-electron chi connectivity index (χ0n) is 10.2. The molecule has 1 amide bonds. The summed E-state index contributed by atoms with van der Waals surface area (Å²) in [5.74, 6) is -0.319. The van der Waals surface area contributed by atoms with Crippen molar-refractivity contribution in [3.63, 3.8) is 0 Å². The molecule has 1 N–H and O–H groups in total. The van der Waals surface area contributed by atoms with Crippen LogP contribution in [0.2, 0.25) is 15.1 Å². The van der Waals surface area contributed by atoms with Gasteiger partial charge in [0.1, 0.15) is 0 Å². The van der Waals surface area contributed by atoms with E-state index in [1.807, 2.05) is 12.1 Å². The zero-order chi connectivity index (χ0) is 14.5. The Morgan fingerprint density at radius 1 is 1.00 bits per heavy atom. The van der Waals surface area contributed by atoms with Gasteiger partial charge in [-0.1, -0.05) is 53.0 Å². The van der Waals surface area contributed by atoms with Gasteiger partial charge < -0.3 is 5.32 Å². The van der Waals surface area contributed by atoms with Crippen LogP contribution in [0.4, 0.5) is 5.69 Å². The number of hydrogen-bond acceptors (Lipinski definition) is 1. The fourth-order valence-electron chi connectivity index (χ4n) is 1.56. The molecule has 0 bridgehead atoms. The molecule has 2 aromatic rings. The average molecular weight is 327 g/mol. The highest BCUT2D eigenvalue weighted by molar-refractivity contribution is 6.39. The number of benzene rings is 2. The van der Waals surface area contributed by atoms with Crippen molar-refractivity contribution in [2.75, 3.05) is 5.32 Å².